The van der Waals surface area contributed by atoms with Crippen molar-refractivity contribution in [3.05, 3.63) is 24.3 Å². The highest BCUT2D eigenvalue weighted by Crippen LogP contribution is 2.53. The predicted octanol–water partition coefficient (Wildman–Crippen LogP) is 3.77. The molecule has 3 heteroatoms. The molecule has 116 valence electrons. The van der Waals surface area contributed by atoms with Gasteiger partial charge in [-0.15, -0.1) is 0 Å². The van der Waals surface area contributed by atoms with Gasteiger partial charge >= 0.3 is 0 Å². The molecular formula is C18H27NO2. The first-order valence-corrected chi connectivity index (χ1v) is 8.35. The van der Waals surface area contributed by atoms with E-state index in [1.165, 1.54) is 32.1 Å². The minimum Gasteiger partial charge on any atom is -0.494 e. The minimum atomic E-state index is 0.367. The Labute approximate surface area is 128 Å². The maximum Gasteiger partial charge on any atom is 0.120 e. The van der Waals surface area contributed by atoms with E-state index in [0.29, 0.717) is 24.2 Å². The van der Waals surface area contributed by atoms with Gasteiger partial charge in [0, 0.05) is 17.9 Å². The first kappa shape index (κ1) is 14.7. The largest absolute Gasteiger partial charge is 0.494 e. The van der Waals surface area contributed by atoms with Gasteiger partial charge in [0.1, 0.15) is 17.6 Å². The molecule has 2 saturated carbocycles. The highest BCUT2D eigenvalue weighted by atomic mass is 16.5. The molecule has 0 saturated heterocycles. The van der Waals surface area contributed by atoms with E-state index >= 15 is 0 Å². The Morgan fingerprint density at radius 1 is 1.10 bits per heavy atom. The minimum absolute atomic E-state index is 0.367. The van der Waals surface area contributed by atoms with Crippen LogP contribution in [-0.2, 0) is 0 Å². The van der Waals surface area contributed by atoms with Crippen LogP contribution in [0.1, 0.15) is 45.4 Å². The molecule has 2 aliphatic rings. The summed E-state index contributed by atoms with van der Waals surface area (Å²) in [5, 5.41) is 3.50. The zero-order valence-electron chi connectivity index (χ0n) is 13.2. The normalized spacial score (nSPS) is 27.1. The average Bonchev–Trinajstić information content (AvgIpc) is 2.53. The molecule has 0 heterocycles. The Balaban J connectivity index is 1.66. The summed E-state index contributed by atoms with van der Waals surface area (Å²) in [7, 11) is 2.09. The maximum atomic E-state index is 6.31. The van der Waals surface area contributed by atoms with E-state index in [2.05, 4.69) is 12.4 Å². The zero-order chi connectivity index (χ0) is 14.7. The van der Waals surface area contributed by atoms with Crippen molar-refractivity contribution in [2.75, 3.05) is 13.7 Å². The van der Waals surface area contributed by atoms with E-state index in [1.807, 2.05) is 31.2 Å². The predicted molar refractivity (Wildman–Crippen MR) is 85.0 cm³/mol. The number of benzene rings is 1. The summed E-state index contributed by atoms with van der Waals surface area (Å²) in [6.45, 7) is 2.71. The van der Waals surface area contributed by atoms with Crippen LogP contribution in [0.2, 0.25) is 0 Å². The van der Waals surface area contributed by atoms with Crippen LogP contribution in [0, 0.1) is 5.41 Å². The van der Waals surface area contributed by atoms with Crippen molar-refractivity contribution in [1.29, 1.82) is 0 Å². The Bertz CT molecular complexity index is 451. The summed E-state index contributed by atoms with van der Waals surface area (Å²) in [5.41, 5.74) is 0.367. The summed E-state index contributed by atoms with van der Waals surface area (Å²) < 4.78 is 11.8. The molecule has 1 spiro atoms. The van der Waals surface area contributed by atoms with Crippen LogP contribution < -0.4 is 14.8 Å². The third kappa shape index (κ3) is 2.76. The van der Waals surface area contributed by atoms with E-state index in [9.17, 15) is 0 Å². The van der Waals surface area contributed by atoms with Crippen LogP contribution in [0.5, 0.6) is 11.5 Å². The van der Waals surface area contributed by atoms with Crippen molar-refractivity contribution >= 4 is 0 Å². The van der Waals surface area contributed by atoms with Crippen LogP contribution in [0.4, 0.5) is 0 Å². The SMILES string of the molecule is CCOc1ccc(OC2CC(NC)C23CCCCC3)cc1. The summed E-state index contributed by atoms with van der Waals surface area (Å²) in [6, 6.07) is 8.70. The van der Waals surface area contributed by atoms with Crippen molar-refractivity contribution in [2.45, 2.75) is 57.6 Å². The third-order valence-corrected chi connectivity index (χ3v) is 5.33. The molecule has 2 fully saturated rings. The third-order valence-electron chi connectivity index (χ3n) is 5.33. The Morgan fingerprint density at radius 3 is 2.38 bits per heavy atom. The lowest BCUT2D eigenvalue weighted by Crippen LogP contribution is -2.64. The van der Waals surface area contributed by atoms with Crippen LogP contribution in [0.3, 0.4) is 0 Å². The molecule has 0 bridgehead atoms. The fourth-order valence-electron chi connectivity index (χ4n) is 4.14. The van der Waals surface area contributed by atoms with Gasteiger partial charge in [-0.05, 0) is 51.1 Å². The van der Waals surface area contributed by atoms with Crippen molar-refractivity contribution in [1.82, 2.24) is 5.32 Å². The molecule has 1 aromatic rings. The van der Waals surface area contributed by atoms with Gasteiger partial charge in [-0.2, -0.15) is 0 Å². The molecule has 0 radical (unpaired) electrons. The van der Waals surface area contributed by atoms with Gasteiger partial charge in [-0.3, -0.25) is 0 Å². The molecular weight excluding hydrogens is 262 g/mol. The molecule has 2 atom stereocenters. The molecule has 3 rings (SSSR count). The van der Waals surface area contributed by atoms with E-state index in [1.54, 1.807) is 0 Å². The molecule has 1 N–H and O–H groups in total. The lowest BCUT2D eigenvalue weighted by atomic mass is 9.55. The molecule has 3 nitrogen and oxygen atoms in total. The van der Waals surface area contributed by atoms with Crippen molar-refractivity contribution in [2.24, 2.45) is 5.41 Å². The van der Waals surface area contributed by atoms with Gasteiger partial charge in [-0.25, -0.2) is 0 Å². The molecule has 2 unspecified atom stereocenters. The van der Waals surface area contributed by atoms with Gasteiger partial charge in [0.15, 0.2) is 0 Å². The molecule has 0 aliphatic heterocycles. The quantitative estimate of drug-likeness (QED) is 0.895. The molecule has 0 amide bonds. The molecule has 0 aromatic heterocycles. The number of rotatable bonds is 5. The number of hydrogen-bond donors (Lipinski definition) is 1. The smallest absolute Gasteiger partial charge is 0.120 e. The monoisotopic (exact) mass is 289 g/mol. The number of hydrogen-bond acceptors (Lipinski definition) is 3. The zero-order valence-corrected chi connectivity index (χ0v) is 13.2. The van der Waals surface area contributed by atoms with E-state index in [4.69, 9.17) is 9.47 Å². The first-order chi connectivity index (χ1) is 10.3. The standard InChI is InChI=1S/C18H27NO2/c1-3-20-14-7-9-15(10-8-14)21-17-13-16(19-2)18(17)11-5-4-6-12-18/h7-10,16-17,19H,3-6,11-13H2,1-2H3. The van der Waals surface area contributed by atoms with Crippen molar-refractivity contribution in [3.63, 3.8) is 0 Å². The van der Waals surface area contributed by atoms with Crippen LogP contribution in [-0.4, -0.2) is 25.8 Å². The van der Waals surface area contributed by atoms with E-state index < -0.39 is 0 Å². The second-order valence-electron chi connectivity index (χ2n) is 6.38. The Kier molecular flexibility index (Phi) is 4.39. The van der Waals surface area contributed by atoms with Gasteiger partial charge in [0.2, 0.25) is 0 Å². The second kappa shape index (κ2) is 6.27. The highest BCUT2D eigenvalue weighted by molar-refractivity contribution is 5.32. The average molecular weight is 289 g/mol. The Hall–Kier alpha value is -1.22. The summed E-state index contributed by atoms with van der Waals surface area (Å²) in [6.07, 6.45) is 8.19. The first-order valence-electron chi connectivity index (χ1n) is 8.35. The van der Waals surface area contributed by atoms with Gasteiger partial charge in [0.25, 0.3) is 0 Å². The molecule has 21 heavy (non-hydrogen) atoms. The van der Waals surface area contributed by atoms with Crippen molar-refractivity contribution < 1.29 is 9.47 Å². The summed E-state index contributed by atoms with van der Waals surface area (Å²) in [4.78, 5) is 0. The number of ether oxygens (including phenoxy) is 2. The van der Waals surface area contributed by atoms with Crippen LogP contribution in [0.15, 0.2) is 24.3 Å². The number of nitrogens with one attached hydrogen (secondary N) is 1. The van der Waals surface area contributed by atoms with Crippen LogP contribution in [0.25, 0.3) is 0 Å². The van der Waals surface area contributed by atoms with Crippen LogP contribution >= 0.6 is 0 Å². The van der Waals surface area contributed by atoms with Gasteiger partial charge in [-0.1, -0.05) is 19.3 Å². The molecule has 2 aliphatic carbocycles. The summed E-state index contributed by atoms with van der Waals surface area (Å²) in [5.74, 6) is 1.89. The topological polar surface area (TPSA) is 30.5 Å². The van der Waals surface area contributed by atoms with Gasteiger partial charge < -0.3 is 14.8 Å². The lowest BCUT2D eigenvalue weighted by Gasteiger charge is -2.57. The van der Waals surface area contributed by atoms with E-state index in [0.717, 1.165) is 17.9 Å². The van der Waals surface area contributed by atoms with Gasteiger partial charge in [0.05, 0.1) is 6.61 Å². The van der Waals surface area contributed by atoms with Crippen molar-refractivity contribution in [3.8, 4) is 11.5 Å². The fraction of sp³-hybridized carbons (Fsp3) is 0.667. The Morgan fingerprint density at radius 2 is 1.76 bits per heavy atom. The fourth-order valence-corrected chi connectivity index (χ4v) is 4.14. The second-order valence-corrected chi connectivity index (χ2v) is 6.38. The van der Waals surface area contributed by atoms with E-state index in [-0.39, 0.29) is 0 Å². The maximum absolute atomic E-state index is 6.31. The molecule has 1 aromatic carbocycles. The lowest BCUT2D eigenvalue weighted by molar-refractivity contribution is -0.100. The highest BCUT2D eigenvalue weighted by Gasteiger charge is 2.55. The summed E-state index contributed by atoms with van der Waals surface area (Å²) >= 11 is 0.